The average molecular weight is 330 g/mol. The molecule has 1 fully saturated rings. The summed E-state index contributed by atoms with van der Waals surface area (Å²) >= 11 is 3.08. The van der Waals surface area contributed by atoms with E-state index in [1.54, 1.807) is 6.07 Å². The van der Waals surface area contributed by atoms with Gasteiger partial charge in [-0.15, -0.1) is 0 Å². The maximum atomic E-state index is 13.3. The molecule has 0 saturated heterocycles. The van der Waals surface area contributed by atoms with Gasteiger partial charge in [-0.1, -0.05) is 18.9 Å². The number of rotatable bonds is 5. The fourth-order valence-electron chi connectivity index (χ4n) is 2.22. The van der Waals surface area contributed by atoms with Crippen molar-refractivity contribution < 1.29 is 13.9 Å². The Hall–Kier alpha value is -0.940. The molecule has 1 saturated carbocycles. The average Bonchev–Trinajstić information content (AvgIpc) is 2.91. The highest BCUT2D eigenvalue weighted by Crippen LogP contribution is 2.21. The molecule has 1 aliphatic carbocycles. The fraction of sp³-hybridized carbons (Fsp3) is 0.500. The van der Waals surface area contributed by atoms with E-state index < -0.39 is 5.82 Å². The number of carbonyl (C=O) groups excluding carboxylic acids is 1. The topological polar surface area (TPSA) is 38.3 Å². The minimum Gasteiger partial charge on any atom is -0.376 e. The predicted octanol–water partition coefficient (Wildman–Crippen LogP) is 3.28. The Kier molecular flexibility index (Phi) is 5.34. The van der Waals surface area contributed by atoms with E-state index in [0.717, 1.165) is 12.8 Å². The summed E-state index contributed by atoms with van der Waals surface area (Å²) in [6.45, 7) is 0.946. The van der Waals surface area contributed by atoms with Gasteiger partial charge in [0, 0.05) is 6.54 Å². The first kappa shape index (κ1) is 14.5. The third-order valence-electron chi connectivity index (χ3n) is 3.24. The normalized spacial score (nSPS) is 15.7. The lowest BCUT2D eigenvalue weighted by Gasteiger charge is -2.12. The van der Waals surface area contributed by atoms with Gasteiger partial charge in [0.2, 0.25) is 0 Å². The maximum absolute atomic E-state index is 13.3. The zero-order valence-electron chi connectivity index (χ0n) is 10.6. The van der Waals surface area contributed by atoms with Gasteiger partial charge in [0.25, 0.3) is 5.91 Å². The molecule has 0 spiro atoms. The first-order valence-corrected chi connectivity index (χ1v) is 7.31. The van der Waals surface area contributed by atoms with Gasteiger partial charge in [-0.25, -0.2) is 4.39 Å². The first-order valence-electron chi connectivity index (χ1n) is 6.52. The van der Waals surface area contributed by atoms with Crippen molar-refractivity contribution in [3.63, 3.8) is 0 Å². The molecule has 3 nitrogen and oxygen atoms in total. The van der Waals surface area contributed by atoms with Gasteiger partial charge in [-0.2, -0.15) is 0 Å². The first-order chi connectivity index (χ1) is 9.18. The highest BCUT2D eigenvalue weighted by molar-refractivity contribution is 9.10. The lowest BCUT2D eigenvalue weighted by atomic mass is 10.2. The van der Waals surface area contributed by atoms with Crippen molar-refractivity contribution in [2.75, 3.05) is 13.2 Å². The number of carbonyl (C=O) groups is 1. The van der Waals surface area contributed by atoms with E-state index in [1.165, 1.54) is 25.0 Å². The number of nitrogens with one attached hydrogen (secondary N) is 1. The quantitative estimate of drug-likeness (QED) is 0.842. The van der Waals surface area contributed by atoms with E-state index in [1.807, 2.05) is 0 Å². The van der Waals surface area contributed by atoms with Gasteiger partial charge in [-0.05, 0) is 40.9 Å². The summed E-state index contributed by atoms with van der Waals surface area (Å²) in [5, 5.41) is 2.73. The molecule has 0 heterocycles. The van der Waals surface area contributed by atoms with Gasteiger partial charge in [0.1, 0.15) is 5.82 Å². The summed E-state index contributed by atoms with van der Waals surface area (Å²) in [6.07, 6.45) is 5.03. The molecule has 0 atom stereocenters. The minimum atomic E-state index is -0.435. The molecule has 2 rings (SSSR count). The molecule has 1 aromatic rings. The molecule has 1 aromatic carbocycles. The number of hydrogen-bond donors (Lipinski definition) is 1. The number of benzene rings is 1. The Morgan fingerprint density at radius 1 is 1.42 bits per heavy atom. The SMILES string of the molecule is O=C(NCCOC1CCCC1)c1cccc(F)c1Br. The minimum absolute atomic E-state index is 0.198. The van der Waals surface area contributed by atoms with Crippen LogP contribution in [0.15, 0.2) is 22.7 Å². The van der Waals surface area contributed by atoms with Gasteiger partial charge in [0.15, 0.2) is 0 Å². The zero-order valence-corrected chi connectivity index (χ0v) is 12.2. The molecule has 104 valence electrons. The van der Waals surface area contributed by atoms with Crippen molar-refractivity contribution in [2.45, 2.75) is 31.8 Å². The number of amides is 1. The summed E-state index contributed by atoms with van der Waals surface area (Å²) in [6, 6.07) is 4.41. The molecule has 1 N–H and O–H groups in total. The van der Waals surface area contributed by atoms with Crippen molar-refractivity contribution in [1.29, 1.82) is 0 Å². The predicted molar refractivity (Wildman–Crippen MR) is 74.6 cm³/mol. The van der Waals surface area contributed by atoms with Gasteiger partial charge in [-0.3, -0.25) is 4.79 Å². The van der Waals surface area contributed by atoms with Gasteiger partial charge < -0.3 is 10.1 Å². The second kappa shape index (κ2) is 7.01. The van der Waals surface area contributed by atoms with Crippen molar-refractivity contribution in [3.8, 4) is 0 Å². The highest BCUT2D eigenvalue weighted by atomic mass is 79.9. The Bertz CT molecular complexity index is 447. The molecule has 1 amide bonds. The van der Waals surface area contributed by atoms with Gasteiger partial charge >= 0.3 is 0 Å². The van der Waals surface area contributed by atoms with Crippen LogP contribution in [-0.2, 0) is 4.74 Å². The highest BCUT2D eigenvalue weighted by Gasteiger charge is 2.15. The molecule has 0 radical (unpaired) electrons. The summed E-state index contributed by atoms with van der Waals surface area (Å²) in [5.74, 6) is -0.726. The maximum Gasteiger partial charge on any atom is 0.252 e. The monoisotopic (exact) mass is 329 g/mol. The summed E-state index contributed by atoms with van der Waals surface area (Å²) in [5.41, 5.74) is 0.306. The molecule has 0 bridgehead atoms. The van der Waals surface area contributed by atoms with Crippen LogP contribution in [0.4, 0.5) is 4.39 Å². The number of ether oxygens (including phenoxy) is 1. The second-order valence-electron chi connectivity index (χ2n) is 4.63. The molecule has 19 heavy (non-hydrogen) atoms. The van der Waals surface area contributed by atoms with Crippen molar-refractivity contribution in [3.05, 3.63) is 34.1 Å². The zero-order chi connectivity index (χ0) is 13.7. The third kappa shape index (κ3) is 4.01. The van der Waals surface area contributed by atoms with Crippen LogP contribution in [0, 0.1) is 5.82 Å². The molecule has 1 aliphatic rings. The van der Waals surface area contributed by atoms with E-state index in [9.17, 15) is 9.18 Å². The van der Waals surface area contributed by atoms with Gasteiger partial charge in [0.05, 0.1) is 22.7 Å². The van der Waals surface area contributed by atoms with Crippen LogP contribution < -0.4 is 5.32 Å². The number of hydrogen-bond acceptors (Lipinski definition) is 2. The van der Waals surface area contributed by atoms with Crippen LogP contribution in [0.5, 0.6) is 0 Å². The van der Waals surface area contributed by atoms with E-state index in [0.29, 0.717) is 24.8 Å². The number of halogens is 2. The molecule has 0 unspecified atom stereocenters. The van der Waals surface area contributed by atoms with Crippen molar-refractivity contribution in [1.82, 2.24) is 5.32 Å². The van der Waals surface area contributed by atoms with Crippen molar-refractivity contribution in [2.24, 2.45) is 0 Å². The van der Waals surface area contributed by atoms with E-state index >= 15 is 0 Å². The largest absolute Gasteiger partial charge is 0.376 e. The summed E-state index contributed by atoms with van der Waals surface area (Å²) < 4.78 is 19.1. The van der Waals surface area contributed by atoms with Crippen LogP contribution in [0.25, 0.3) is 0 Å². The van der Waals surface area contributed by atoms with E-state index in [4.69, 9.17) is 4.74 Å². The van der Waals surface area contributed by atoms with E-state index in [-0.39, 0.29) is 10.4 Å². The smallest absolute Gasteiger partial charge is 0.252 e. The summed E-state index contributed by atoms with van der Waals surface area (Å²) in [4.78, 5) is 11.9. The standard InChI is InChI=1S/C14H17BrFNO2/c15-13-11(6-3-7-12(13)16)14(18)17-8-9-19-10-4-1-2-5-10/h3,6-7,10H,1-2,4-5,8-9H2,(H,17,18). The molecule has 0 aliphatic heterocycles. The van der Waals surface area contributed by atoms with Crippen molar-refractivity contribution >= 4 is 21.8 Å². The Labute approximate surface area is 120 Å². The lowest BCUT2D eigenvalue weighted by Crippen LogP contribution is -2.28. The molecule has 0 aromatic heterocycles. The Morgan fingerprint density at radius 3 is 2.89 bits per heavy atom. The van der Waals surface area contributed by atoms with Crippen LogP contribution in [0.3, 0.4) is 0 Å². The molecular formula is C14H17BrFNO2. The fourth-order valence-corrected chi connectivity index (χ4v) is 2.66. The Balaban J connectivity index is 1.76. The van der Waals surface area contributed by atoms with Crippen LogP contribution in [0.2, 0.25) is 0 Å². The van der Waals surface area contributed by atoms with Crippen LogP contribution in [-0.4, -0.2) is 25.2 Å². The lowest BCUT2D eigenvalue weighted by molar-refractivity contribution is 0.0581. The van der Waals surface area contributed by atoms with E-state index in [2.05, 4.69) is 21.2 Å². The third-order valence-corrected chi connectivity index (χ3v) is 4.05. The Morgan fingerprint density at radius 2 is 2.16 bits per heavy atom. The van der Waals surface area contributed by atoms with Crippen LogP contribution in [0.1, 0.15) is 36.0 Å². The summed E-state index contributed by atoms with van der Waals surface area (Å²) in [7, 11) is 0. The second-order valence-corrected chi connectivity index (χ2v) is 5.43. The molecular weight excluding hydrogens is 313 g/mol. The molecule has 5 heteroatoms. The van der Waals surface area contributed by atoms with Crippen LogP contribution >= 0.6 is 15.9 Å².